The maximum atomic E-state index is 3.96. The van der Waals surface area contributed by atoms with Crippen molar-refractivity contribution in [2.45, 2.75) is 26.3 Å². The van der Waals surface area contributed by atoms with Crippen molar-refractivity contribution in [3.8, 4) is 0 Å². The monoisotopic (exact) mass is 162 g/mol. The Morgan fingerprint density at radius 1 is 1.33 bits per heavy atom. The molecule has 1 radical (unpaired) electrons. The molecule has 1 atom stereocenters. The van der Waals surface area contributed by atoms with E-state index in [0.717, 1.165) is 12.1 Å². The van der Waals surface area contributed by atoms with Gasteiger partial charge < -0.3 is 5.32 Å². The summed E-state index contributed by atoms with van der Waals surface area (Å²) in [4.78, 5) is 0. The second-order valence-corrected chi connectivity index (χ2v) is 3.12. The van der Waals surface area contributed by atoms with Gasteiger partial charge in [-0.1, -0.05) is 24.6 Å². The molecule has 0 bridgehead atoms. The SMILES string of the molecule is [CH2]C(CC)Nc1ccc(C)cc1. The number of anilines is 1. The van der Waals surface area contributed by atoms with Crippen molar-refractivity contribution in [2.75, 3.05) is 5.32 Å². The lowest BCUT2D eigenvalue weighted by atomic mass is 10.2. The summed E-state index contributed by atoms with van der Waals surface area (Å²) < 4.78 is 0. The average Bonchev–Trinajstić information content (AvgIpc) is 2.09. The summed E-state index contributed by atoms with van der Waals surface area (Å²) in [5.74, 6) is 0. The molecular formula is C11H16N. The lowest BCUT2D eigenvalue weighted by Crippen LogP contribution is -2.13. The maximum absolute atomic E-state index is 3.96. The minimum absolute atomic E-state index is 0.313. The van der Waals surface area contributed by atoms with E-state index in [2.05, 4.69) is 50.4 Å². The normalized spacial score (nSPS) is 12.6. The molecule has 0 aromatic heterocycles. The van der Waals surface area contributed by atoms with Gasteiger partial charge in [0.2, 0.25) is 0 Å². The Bertz CT molecular complexity index is 225. The van der Waals surface area contributed by atoms with Crippen LogP contribution in [0.1, 0.15) is 18.9 Å². The molecule has 65 valence electrons. The quantitative estimate of drug-likeness (QED) is 0.720. The van der Waals surface area contributed by atoms with Crippen LogP contribution >= 0.6 is 0 Å². The molecule has 12 heavy (non-hydrogen) atoms. The zero-order chi connectivity index (χ0) is 8.97. The van der Waals surface area contributed by atoms with Crippen LogP contribution in [0.3, 0.4) is 0 Å². The first kappa shape index (κ1) is 9.11. The van der Waals surface area contributed by atoms with Gasteiger partial charge in [-0.2, -0.15) is 0 Å². The van der Waals surface area contributed by atoms with Crippen LogP contribution in [-0.2, 0) is 0 Å². The molecular weight excluding hydrogens is 146 g/mol. The third kappa shape index (κ3) is 2.57. The number of rotatable bonds is 3. The topological polar surface area (TPSA) is 12.0 Å². The summed E-state index contributed by atoms with van der Waals surface area (Å²) in [6.45, 7) is 8.18. The zero-order valence-corrected chi connectivity index (χ0v) is 7.80. The summed E-state index contributed by atoms with van der Waals surface area (Å²) in [5.41, 5.74) is 2.44. The molecule has 1 unspecified atom stereocenters. The Labute approximate surface area is 74.8 Å². The minimum atomic E-state index is 0.313. The number of benzene rings is 1. The number of nitrogens with one attached hydrogen (secondary N) is 1. The second-order valence-electron chi connectivity index (χ2n) is 3.12. The Balaban J connectivity index is 2.58. The van der Waals surface area contributed by atoms with Crippen LogP contribution in [0, 0.1) is 13.8 Å². The third-order valence-electron chi connectivity index (χ3n) is 1.92. The van der Waals surface area contributed by atoms with Crippen molar-refractivity contribution in [3.63, 3.8) is 0 Å². The van der Waals surface area contributed by atoms with Crippen molar-refractivity contribution in [2.24, 2.45) is 0 Å². The molecule has 1 N–H and O–H groups in total. The van der Waals surface area contributed by atoms with Gasteiger partial charge in [0.15, 0.2) is 0 Å². The Kier molecular flexibility index (Phi) is 3.15. The zero-order valence-electron chi connectivity index (χ0n) is 7.80. The van der Waals surface area contributed by atoms with Crippen LogP contribution in [-0.4, -0.2) is 6.04 Å². The molecule has 0 saturated carbocycles. The molecule has 0 heterocycles. The van der Waals surface area contributed by atoms with E-state index in [1.165, 1.54) is 5.56 Å². The van der Waals surface area contributed by atoms with Crippen molar-refractivity contribution < 1.29 is 0 Å². The first-order chi connectivity index (χ1) is 5.72. The fraction of sp³-hybridized carbons (Fsp3) is 0.364. The maximum Gasteiger partial charge on any atom is 0.0342 e. The largest absolute Gasteiger partial charge is 0.382 e. The Morgan fingerprint density at radius 3 is 2.42 bits per heavy atom. The smallest absolute Gasteiger partial charge is 0.0342 e. The molecule has 1 aromatic carbocycles. The molecule has 0 fully saturated rings. The molecule has 0 aliphatic heterocycles. The highest BCUT2D eigenvalue weighted by Crippen LogP contribution is 2.10. The molecule has 0 amide bonds. The van der Waals surface area contributed by atoms with Crippen LogP contribution in [0.15, 0.2) is 24.3 Å². The highest BCUT2D eigenvalue weighted by atomic mass is 14.9. The molecule has 1 nitrogen and oxygen atoms in total. The van der Waals surface area contributed by atoms with Crippen LogP contribution in [0.5, 0.6) is 0 Å². The number of aryl methyl sites for hydroxylation is 1. The number of hydrogen-bond acceptors (Lipinski definition) is 1. The van der Waals surface area contributed by atoms with E-state index < -0.39 is 0 Å². The predicted molar refractivity (Wildman–Crippen MR) is 54.2 cm³/mol. The first-order valence-corrected chi connectivity index (χ1v) is 4.38. The average molecular weight is 162 g/mol. The lowest BCUT2D eigenvalue weighted by molar-refractivity contribution is 0.830. The summed E-state index contributed by atoms with van der Waals surface area (Å²) >= 11 is 0. The third-order valence-corrected chi connectivity index (χ3v) is 1.92. The van der Waals surface area contributed by atoms with Gasteiger partial charge in [-0.15, -0.1) is 0 Å². The minimum Gasteiger partial charge on any atom is -0.382 e. The fourth-order valence-electron chi connectivity index (χ4n) is 0.988. The summed E-state index contributed by atoms with van der Waals surface area (Å²) in [5, 5.41) is 3.31. The highest BCUT2D eigenvalue weighted by Gasteiger charge is 1.96. The number of hydrogen-bond donors (Lipinski definition) is 1. The van der Waals surface area contributed by atoms with Crippen molar-refractivity contribution in [1.82, 2.24) is 0 Å². The van der Waals surface area contributed by atoms with Gasteiger partial charge in [-0.05, 0) is 32.4 Å². The van der Waals surface area contributed by atoms with Gasteiger partial charge in [0, 0.05) is 11.7 Å². The van der Waals surface area contributed by atoms with Crippen LogP contribution < -0.4 is 5.32 Å². The molecule has 1 heteroatoms. The van der Waals surface area contributed by atoms with Gasteiger partial charge in [0.25, 0.3) is 0 Å². The molecule has 0 aliphatic rings. The highest BCUT2D eigenvalue weighted by molar-refractivity contribution is 5.45. The Hall–Kier alpha value is -0.980. The Morgan fingerprint density at radius 2 is 1.92 bits per heavy atom. The molecule has 0 saturated heterocycles. The molecule has 0 aliphatic carbocycles. The van der Waals surface area contributed by atoms with E-state index in [0.29, 0.717) is 6.04 Å². The van der Waals surface area contributed by atoms with E-state index in [9.17, 15) is 0 Å². The molecule has 1 aromatic rings. The summed E-state index contributed by atoms with van der Waals surface area (Å²) in [6, 6.07) is 8.69. The van der Waals surface area contributed by atoms with E-state index in [-0.39, 0.29) is 0 Å². The van der Waals surface area contributed by atoms with E-state index in [4.69, 9.17) is 0 Å². The van der Waals surface area contributed by atoms with Gasteiger partial charge in [0.1, 0.15) is 0 Å². The van der Waals surface area contributed by atoms with Crippen LogP contribution in [0.4, 0.5) is 5.69 Å². The van der Waals surface area contributed by atoms with Crippen LogP contribution in [0.25, 0.3) is 0 Å². The van der Waals surface area contributed by atoms with Crippen LogP contribution in [0.2, 0.25) is 0 Å². The van der Waals surface area contributed by atoms with Gasteiger partial charge in [-0.25, -0.2) is 0 Å². The van der Waals surface area contributed by atoms with Gasteiger partial charge in [-0.3, -0.25) is 0 Å². The van der Waals surface area contributed by atoms with Gasteiger partial charge >= 0.3 is 0 Å². The first-order valence-electron chi connectivity index (χ1n) is 4.38. The standard InChI is InChI=1S/C11H16N/c1-4-10(3)12-11-7-5-9(2)6-8-11/h5-8,10,12H,3-4H2,1-2H3. The molecule has 0 spiro atoms. The van der Waals surface area contributed by atoms with E-state index >= 15 is 0 Å². The molecule has 1 rings (SSSR count). The van der Waals surface area contributed by atoms with Crippen molar-refractivity contribution >= 4 is 5.69 Å². The van der Waals surface area contributed by atoms with E-state index in [1.807, 2.05) is 0 Å². The predicted octanol–water partition coefficient (Wildman–Crippen LogP) is 3.02. The second kappa shape index (κ2) is 4.15. The fourth-order valence-corrected chi connectivity index (χ4v) is 0.988. The van der Waals surface area contributed by atoms with E-state index in [1.54, 1.807) is 0 Å². The summed E-state index contributed by atoms with van der Waals surface area (Å²) in [7, 11) is 0. The van der Waals surface area contributed by atoms with Gasteiger partial charge in [0.05, 0.1) is 0 Å². The summed E-state index contributed by atoms with van der Waals surface area (Å²) in [6.07, 6.45) is 1.05. The lowest BCUT2D eigenvalue weighted by Gasteiger charge is -2.12. The van der Waals surface area contributed by atoms with Crippen molar-refractivity contribution in [3.05, 3.63) is 36.8 Å². The van der Waals surface area contributed by atoms with Crippen molar-refractivity contribution in [1.29, 1.82) is 0 Å².